The van der Waals surface area contributed by atoms with E-state index in [2.05, 4.69) is 36.4 Å². The van der Waals surface area contributed by atoms with Crippen LogP contribution < -0.4 is 4.74 Å². The second-order valence-electron chi connectivity index (χ2n) is 5.47. The number of hydrogen-bond acceptors (Lipinski definition) is 2. The van der Waals surface area contributed by atoms with Gasteiger partial charge in [-0.05, 0) is 78.6 Å². The number of halogens is 1. The van der Waals surface area contributed by atoms with E-state index in [9.17, 15) is 4.79 Å². The molecular weight excluding hydrogens is 377 g/mol. The van der Waals surface area contributed by atoms with Gasteiger partial charge < -0.3 is 9.64 Å². The molecule has 0 aliphatic carbocycles. The third-order valence-electron chi connectivity index (χ3n) is 3.43. The van der Waals surface area contributed by atoms with Crippen molar-refractivity contribution in [1.82, 2.24) is 4.90 Å². The first-order valence-electron chi connectivity index (χ1n) is 7.20. The number of benzene rings is 1. The molecule has 3 nitrogen and oxygen atoms in total. The minimum Gasteiger partial charge on any atom is -0.490 e. The van der Waals surface area contributed by atoms with Gasteiger partial charge in [0.05, 0.1) is 6.10 Å². The Morgan fingerprint density at radius 3 is 2.48 bits per heavy atom. The van der Waals surface area contributed by atoms with Crippen LogP contribution in [0, 0.1) is 9.49 Å². The highest BCUT2D eigenvalue weighted by atomic mass is 127. The van der Waals surface area contributed by atoms with Crippen LogP contribution in [0.2, 0.25) is 0 Å². The van der Waals surface area contributed by atoms with Crippen LogP contribution >= 0.6 is 22.6 Å². The van der Waals surface area contributed by atoms with Crippen LogP contribution in [0.15, 0.2) is 36.4 Å². The molecule has 21 heavy (non-hydrogen) atoms. The number of carbonyl (C=O) groups is 1. The summed E-state index contributed by atoms with van der Waals surface area (Å²) < 4.78 is 7.15. The van der Waals surface area contributed by atoms with Crippen molar-refractivity contribution in [3.8, 4) is 5.75 Å². The Morgan fingerprint density at radius 1 is 1.29 bits per heavy atom. The van der Waals surface area contributed by atoms with E-state index >= 15 is 0 Å². The molecule has 2 atom stereocenters. The number of amides is 1. The summed E-state index contributed by atoms with van der Waals surface area (Å²) >= 11 is 2.28. The molecule has 0 radical (unpaired) electrons. The highest BCUT2D eigenvalue weighted by molar-refractivity contribution is 14.1. The first-order valence-corrected chi connectivity index (χ1v) is 8.28. The molecule has 0 fully saturated rings. The molecule has 2 unspecified atom stereocenters. The number of rotatable bonds is 7. The Hall–Kier alpha value is -1.04. The summed E-state index contributed by atoms with van der Waals surface area (Å²) in [7, 11) is 3.51. The molecule has 0 N–H and O–H groups in total. The average Bonchev–Trinajstić information content (AvgIpc) is 2.45. The van der Waals surface area contributed by atoms with E-state index in [0.717, 1.165) is 18.6 Å². The second kappa shape index (κ2) is 9.07. The maximum absolute atomic E-state index is 11.4. The molecule has 0 spiro atoms. The van der Waals surface area contributed by atoms with Gasteiger partial charge in [-0.3, -0.25) is 4.79 Å². The molecule has 116 valence electrons. The zero-order chi connectivity index (χ0) is 15.8. The summed E-state index contributed by atoms with van der Waals surface area (Å²) in [4.78, 5) is 13.0. The predicted octanol–water partition coefficient (Wildman–Crippen LogP) is 4.12. The number of hydrogen-bond donors (Lipinski definition) is 0. The molecule has 0 heterocycles. The van der Waals surface area contributed by atoms with Crippen LogP contribution in [0.25, 0.3) is 0 Å². The minimum atomic E-state index is 0.0332. The van der Waals surface area contributed by atoms with Gasteiger partial charge in [0, 0.05) is 17.7 Å². The zero-order valence-corrected chi connectivity index (χ0v) is 15.3. The topological polar surface area (TPSA) is 29.5 Å². The van der Waals surface area contributed by atoms with Gasteiger partial charge in [0.1, 0.15) is 5.75 Å². The first kappa shape index (κ1) is 18.0. The van der Waals surface area contributed by atoms with Crippen LogP contribution in [-0.4, -0.2) is 31.0 Å². The third-order valence-corrected chi connectivity index (χ3v) is 4.15. The van der Waals surface area contributed by atoms with Crippen molar-refractivity contribution >= 4 is 28.5 Å². The van der Waals surface area contributed by atoms with E-state index in [-0.39, 0.29) is 12.0 Å². The predicted molar refractivity (Wildman–Crippen MR) is 95.5 cm³/mol. The lowest BCUT2D eigenvalue weighted by molar-refractivity contribution is -0.123. The van der Waals surface area contributed by atoms with Crippen LogP contribution in [0.4, 0.5) is 0 Å². The van der Waals surface area contributed by atoms with Gasteiger partial charge in [-0.15, -0.1) is 0 Å². The molecule has 0 bridgehead atoms. The number of carbonyl (C=O) groups excluding carboxylic acids is 1. The van der Waals surface area contributed by atoms with Gasteiger partial charge in [0.25, 0.3) is 0 Å². The maximum atomic E-state index is 11.4. The molecule has 0 aliphatic rings. The number of allylic oxidation sites excluding steroid dienone is 1. The van der Waals surface area contributed by atoms with E-state index in [4.69, 9.17) is 4.74 Å². The quantitative estimate of drug-likeness (QED) is 0.508. The van der Waals surface area contributed by atoms with Gasteiger partial charge >= 0.3 is 0 Å². The molecule has 1 aromatic rings. The lowest BCUT2D eigenvalue weighted by atomic mass is 10.00. The van der Waals surface area contributed by atoms with E-state index in [0.29, 0.717) is 5.92 Å². The minimum absolute atomic E-state index is 0.0332. The Balaban J connectivity index is 2.36. The SMILES string of the molecule is CC(CC/C=C/C(=O)N(C)C)C(C)Oc1ccc(I)cc1. The van der Waals surface area contributed by atoms with Crippen LogP contribution in [0.5, 0.6) is 5.75 Å². The average molecular weight is 401 g/mol. The summed E-state index contributed by atoms with van der Waals surface area (Å²) in [6.07, 6.45) is 5.63. The monoisotopic (exact) mass is 401 g/mol. The van der Waals surface area contributed by atoms with Gasteiger partial charge in [-0.25, -0.2) is 0 Å². The van der Waals surface area contributed by atoms with Crippen molar-refractivity contribution in [2.24, 2.45) is 5.92 Å². The Bertz CT molecular complexity index is 468. The second-order valence-corrected chi connectivity index (χ2v) is 6.71. The Morgan fingerprint density at radius 2 is 1.90 bits per heavy atom. The largest absolute Gasteiger partial charge is 0.490 e. The van der Waals surface area contributed by atoms with Crippen molar-refractivity contribution in [3.05, 3.63) is 40.0 Å². The molecule has 4 heteroatoms. The zero-order valence-electron chi connectivity index (χ0n) is 13.2. The van der Waals surface area contributed by atoms with E-state index in [1.807, 2.05) is 30.3 Å². The molecule has 0 saturated heterocycles. The van der Waals surface area contributed by atoms with Crippen LogP contribution in [0.3, 0.4) is 0 Å². The van der Waals surface area contributed by atoms with Gasteiger partial charge in [-0.2, -0.15) is 0 Å². The maximum Gasteiger partial charge on any atom is 0.245 e. The Labute approximate surface area is 141 Å². The van der Waals surface area contributed by atoms with Crippen molar-refractivity contribution in [3.63, 3.8) is 0 Å². The van der Waals surface area contributed by atoms with Crippen LogP contribution in [-0.2, 0) is 4.79 Å². The van der Waals surface area contributed by atoms with Gasteiger partial charge in [0.15, 0.2) is 0 Å². The fraction of sp³-hybridized carbons (Fsp3) is 0.471. The molecule has 1 amide bonds. The smallest absolute Gasteiger partial charge is 0.245 e. The fourth-order valence-electron chi connectivity index (χ4n) is 1.77. The van der Waals surface area contributed by atoms with Gasteiger partial charge in [0.2, 0.25) is 5.91 Å². The Kier molecular flexibility index (Phi) is 7.78. The number of nitrogens with zero attached hydrogens (tertiary/aromatic N) is 1. The summed E-state index contributed by atoms with van der Waals surface area (Å²) in [5.41, 5.74) is 0. The normalized spacial score (nSPS) is 14.0. The van der Waals surface area contributed by atoms with Crippen molar-refractivity contribution in [1.29, 1.82) is 0 Å². The fourth-order valence-corrected chi connectivity index (χ4v) is 2.13. The highest BCUT2D eigenvalue weighted by Gasteiger charge is 2.13. The third kappa shape index (κ3) is 6.98. The highest BCUT2D eigenvalue weighted by Crippen LogP contribution is 2.20. The molecule has 0 aromatic heterocycles. The van der Waals surface area contributed by atoms with Crippen molar-refractivity contribution in [2.75, 3.05) is 14.1 Å². The van der Waals surface area contributed by atoms with Crippen molar-refractivity contribution in [2.45, 2.75) is 32.8 Å². The van der Waals surface area contributed by atoms with Gasteiger partial charge in [-0.1, -0.05) is 13.0 Å². The molecule has 0 saturated carbocycles. The summed E-state index contributed by atoms with van der Waals surface area (Å²) in [5.74, 6) is 1.38. The molecule has 1 rings (SSSR count). The van der Waals surface area contributed by atoms with E-state index < -0.39 is 0 Å². The first-order chi connectivity index (χ1) is 9.90. The molecular formula is C17H24INO2. The lowest BCUT2D eigenvalue weighted by Crippen LogP contribution is -2.21. The summed E-state index contributed by atoms with van der Waals surface area (Å²) in [6.45, 7) is 4.27. The summed E-state index contributed by atoms with van der Waals surface area (Å²) in [6, 6.07) is 8.09. The summed E-state index contributed by atoms with van der Waals surface area (Å²) in [5, 5.41) is 0. The lowest BCUT2D eigenvalue weighted by Gasteiger charge is -2.21. The standard InChI is InChI=1S/C17H24INO2/c1-13(7-5-6-8-17(20)19(3)4)14(2)21-16-11-9-15(18)10-12-16/h6,8-14H,5,7H2,1-4H3/b8-6+. The van der Waals surface area contributed by atoms with E-state index in [1.54, 1.807) is 25.1 Å². The number of likely N-dealkylation sites (N-methyl/N-ethyl adjacent to an activating group) is 1. The van der Waals surface area contributed by atoms with E-state index in [1.165, 1.54) is 3.57 Å². The van der Waals surface area contributed by atoms with Crippen molar-refractivity contribution < 1.29 is 9.53 Å². The molecule has 0 aliphatic heterocycles. The molecule has 1 aromatic carbocycles. The van der Waals surface area contributed by atoms with Crippen LogP contribution in [0.1, 0.15) is 26.7 Å². The number of ether oxygens (including phenoxy) is 1.